The van der Waals surface area contributed by atoms with E-state index in [0.717, 1.165) is 50.3 Å². The van der Waals surface area contributed by atoms with Gasteiger partial charge in [0.05, 0.1) is 16.9 Å². The van der Waals surface area contributed by atoms with Crippen LogP contribution in [0.5, 0.6) is 5.75 Å². The molecule has 44 heavy (non-hydrogen) atoms. The maximum Gasteiger partial charge on any atom is 0.145 e. The molecule has 0 spiro atoms. The van der Waals surface area contributed by atoms with Gasteiger partial charge in [0.25, 0.3) is 0 Å². The quantitative estimate of drug-likeness (QED) is 0.228. The van der Waals surface area contributed by atoms with Crippen LogP contribution in [0.4, 0.5) is 0 Å². The van der Waals surface area contributed by atoms with Crippen LogP contribution in [0.15, 0.2) is 109 Å². The first-order valence-electron chi connectivity index (χ1n) is 15.2. The molecule has 4 nitrogen and oxygen atoms in total. The number of para-hydroxylation sites is 1. The highest BCUT2D eigenvalue weighted by Gasteiger charge is 2.23. The number of pyridine rings is 2. The van der Waals surface area contributed by atoms with Crippen molar-refractivity contribution >= 4 is 32.7 Å². The van der Waals surface area contributed by atoms with Gasteiger partial charge in [-0.2, -0.15) is 0 Å². The van der Waals surface area contributed by atoms with Crippen molar-refractivity contribution in [2.75, 3.05) is 0 Å². The Morgan fingerprint density at radius 3 is 2.09 bits per heavy atom. The van der Waals surface area contributed by atoms with E-state index in [1.807, 2.05) is 30.5 Å². The molecule has 1 N–H and O–H groups in total. The highest BCUT2D eigenvalue weighted by atomic mass is 16.3. The van der Waals surface area contributed by atoms with Crippen LogP contribution >= 0.6 is 0 Å². The minimum absolute atomic E-state index is 0.105. The third-order valence-electron chi connectivity index (χ3n) is 8.62. The SMILES string of the molecule is CC(C)(C)c1cc(-c2cc(C(C)(C)C)cc(-c3ccccc3O)n2)cc(-n2c3ccc4ccccc4c3c3cccnc32)c1. The Bertz CT molecular complexity index is 2210. The second-order valence-electron chi connectivity index (χ2n) is 13.8. The summed E-state index contributed by atoms with van der Waals surface area (Å²) in [6, 6.07) is 35.7. The number of benzene rings is 4. The Morgan fingerprint density at radius 1 is 0.636 bits per heavy atom. The molecule has 218 valence electrons. The fourth-order valence-corrected chi connectivity index (χ4v) is 6.14. The van der Waals surface area contributed by atoms with Crippen molar-refractivity contribution in [3.8, 4) is 34.0 Å². The average molecular weight is 576 g/mol. The van der Waals surface area contributed by atoms with E-state index in [1.54, 1.807) is 6.07 Å². The second kappa shape index (κ2) is 10.1. The van der Waals surface area contributed by atoms with Crippen molar-refractivity contribution in [2.24, 2.45) is 0 Å². The number of phenols is 1. The van der Waals surface area contributed by atoms with E-state index in [9.17, 15) is 5.11 Å². The van der Waals surface area contributed by atoms with Gasteiger partial charge < -0.3 is 5.11 Å². The third-order valence-corrected chi connectivity index (χ3v) is 8.62. The lowest BCUT2D eigenvalue weighted by atomic mass is 9.83. The zero-order chi connectivity index (χ0) is 30.8. The molecular formula is C40H37N3O. The molecular weight excluding hydrogens is 538 g/mol. The van der Waals surface area contributed by atoms with E-state index in [-0.39, 0.29) is 16.6 Å². The highest BCUT2D eigenvalue weighted by Crippen LogP contribution is 2.40. The third kappa shape index (κ3) is 4.71. The number of rotatable bonds is 3. The molecule has 0 aliphatic heterocycles. The summed E-state index contributed by atoms with van der Waals surface area (Å²) in [5, 5.41) is 15.6. The van der Waals surface area contributed by atoms with Crippen molar-refractivity contribution in [2.45, 2.75) is 52.4 Å². The molecule has 0 saturated carbocycles. The standard InChI is InChI=1S/C40H37N3O/c1-39(2,3)27-20-26(33-23-28(40(4,5)6)24-34(42-33)31-14-9-10-16-36(31)44)21-29(22-27)43-35-18-17-25-12-7-8-13-30(25)37(35)32-15-11-19-41-38(32)43/h7-24,44H,1-6H3. The maximum absolute atomic E-state index is 10.8. The van der Waals surface area contributed by atoms with Crippen LogP contribution < -0.4 is 0 Å². The van der Waals surface area contributed by atoms with Gasteiger partial charge in [0.15, 0.2) is 0 Å². The van der Waals surface area contributed by atoms with Gasteiger partial charge in [-0.1, -0.05) is 84.0 Å². The Balaban J connectivity index is 1.55. The smallest absolute Gasteiger partial charge is 0.145 e. The van der Waals surface area contributed by atoms with Crippen molar-refractivity contribution in [3.05, 3.63) is 120 Å². The zero-order valence-electron chi connectivity index (χ0n) is 26.2. The Hall–Kier alpha value is -4.96. The molecule has 0 bridgehead atoms. The molecule has 7 aromatic rings. The minimum Gasteiger partial charge on any atom is -0.507 e. The normalized spacial score (nSPS) is 12.4. The van der Waals surface area contributed by atoms with Crippen LogP contribution in [-0.4, -0.2) is 19.6 Å². The van der Waals surface area contributed by atoms with Crippen LogP contribution in [0, 0.1) is 0 Å². The molecule has 3 heterocycles. The first-order valence-corrected chi connectivity index (χ1v) is 15.2. The summed E-state index contributed by atoms with van der Waals surface area (Å²) in [5.41, 5.74) is 8.66. The topological polar surface area (TPSA) is 50.9 Å². The van der Waals surface area contributed by atoms with Crippen molar-refractivity contribution < 1.29 is 5.11 Å². The van der Waals surface area contributed by atoms with E-state index >= 15 is 0 Å². The van der Waals surface area contributed by atoms with Gasteiger partial charge in [0, 0.05) is 33.8 Å². The van der Waals surface area contributed by atoms with E-state index in [2.05, 4.69) is 119 Å². The molecule has 0 aliphatic rings. The molecule has 0 unspecified atom stereocenters. The van der Waals surface area contributed by atoms with Gasteiger partial charge in [-0.15, -0.1) is 0 Å². The van der Waals surface area contributed by atoms with Gasteiger partial charge in [-0.05, 0) is 93.4 Å². The fraction of sp³-hybridized carbons (Fsp3) is 0.200. The zero-order valence-corrected chi connectivity index (χ0v) is 26.2. The molecule has 0 radical (unpaired) electrons. The van der Waals surface area contributed by atoms with Gasteiger partial charge >= 0.3 is 0 Å². The lowest BCUT2D eigenvalue weighted by Gasteiger charge is -2.24. The summed E-state index contributed by atoms with van der Waals surface area (Å²) in [4.78, 5) is 10.1. The highest BCUT2D eigenvalue weighted by molar-refractivity contribution is 6.20. The number of phenolic OH excluding ortho intramolecular Hbond substituents is 1. The Kier molecular flexibility index (Phi) is 6.36. The summed E-state index contributed by atoms with van der Waals surface area (Å²) >= 11 is 0. The minimum atomic E-state index is -0.112. The number of aromatic hydroxyl groups is 1. The Labute approximate surface area is 258 Å². The van der Waals surface area contributed by atoms with Crippen LogP contribution in [0.2, 0.25) is 0 Å². The summed E-state index contributed by atoms with van der Waals surface area (Å²) < 4.78 is 2.30. The van der Waals surface area contributed by atoms with Crippen LogP contribution in [0.3, 0.4) is 0 Å². The van der Waals surface area contributed by atoms with Gasteiger partial charge in [0.2, 0.25) is 0 Å². The first kappa shape index (κ1) is 27.8. The lowest BCUT2D eigenvalue weighted by Crippen LogP contribution is -2.13. The number of aromatic nitrogens is 3. The molecule has 0 aliphatic carbocycles. The Morgan fingerprint density at radius 2 is 1.32 bits per heavy atom. The number of fused-ring (bicyclic) bond motifs is 5. The average Bonchev–Trinajstić information content (AvgIpc) is 3.35. The lowest BCUT2D eigenvalue weighted by molar-refractivity contribution is 0.477. The predicted octanol–water partition coefficient (Wildman–Crippen LogP) is 10.4. The number of hydrogen-bond acceptors (Lipinski definition) is 3. The van der Waals surface area contributed by atoms with E-state index in [4.69, 9.17) is 9.97 Å². The summed E-state index contributed by atoms with van der Waals surface area (Å²) in [5.74, 6) is 0.227. The first-order chi connectivity index (χ1) is 21.0. The van der Waals surface area contributed by atoms with E-state index < -0.39 is 0 Å². The van der Waals surface area contributed by atoms with Crippen LogP contribution in [0.1, 0.15) is 52.7 Å². The van der Waals surface area contributed by atoms with Crippen molar-refractivity contribution in [3.63, 3.8) is 0 Å². The van der Waals surface area contributed by atoms with Crippen LogP contribution in [-0.2, 0) is 10.8 Å². The molecule has 4 aromatic carbocycles. The predicted molar refractivity (Wildman–Crippen MR) is 184 cm³/mol. The van der Waals surface area contributed by atoms with Gasteiger partial charge in [-0.25, -0.2) is 9.97 Å². The van der Waals surface area contributed by atoms with Gasteiger partial charge in [0.1, 0.15) is 11.4 Å². The number of hydrogen-bond donors (Lipinski definition) is 1. The second-order valence-corrected chi connectivity index (χ2v) is 13.8. The molecule has 0 atom stereocenters. The van der Waals surface area contributed by atoms with Crippen molar-refractivity contribution in [1.29, 1.82) is 0 Å². The monoisotopic (exact) mass is 575 g/mol. The maximum atomic E-state index is 10.8. The molecule has 0 fully saturated rings. The summed E-state index contributed by atoms with van der Waals surface area (Å²) in [6.45, 7) is 13.4. The molecule has 0 saturated heterocycles. The van der Waals surface area contributed by atoms with Gasteiger partial charge in [-0.3, -0.25) is 4.57 Å². The number of nitrogens with zero attached hydrogens (tertiary/aromatic N) is 3. The van der Waals surface area contributed by atoms with E-state index in [0.29, 0.717) is 0 Å². The van der Waals surface area contributed by atoms with Crippen LogP contribution in [0.25, 0.3) is 60.9 Å². The molecule has 3 aromatic heterocycles. The van der Waals surface area contributed by atoms with Crippen molar-refractivity contribution in [1.82, 2.24) is 14.5 Å². The molecule has 4 heteroatoms. The largest absolute Gasteiger partial charge is 0.507 e. The summed E-state index contributed by atoms with van der Waals surface area (Å²) in [6.07, 6.45) is 1.88. The molecule has 0 amide bonds. The summed E-state index contributed by atoms with van der Waals surface area (Å²) in [7, 11) is 0. The molecule has 7 rings (SSSR count). The van der Waals surface area contributed by atoms with E-state index in [1.165, 1.54) is 21.7 Å². The fourth-order valence-electron chi connectivity index (χ4n) is 6.14.